The van der Waals surface area contributed by atoms with Crippen molar-refractivity contribution in [1.29, 1.82) is 0 Å². The number of nitrogens with zero attached hydrogens (tertiary/aromatic N) is 1. The minimum absolute atomic E-state index is 0.000316. The summed E-state index contributed by atoms with van der Waals surface area (Å²) in [5, 5.41) is 5.68. The van der Waals surface area contributed by atoms with E-state index in [1.165, 1.54) is 0 Å². The maximum absolute atomic E-state index is 12.3. The van der Waals surface area contributed by atoms with Gasteiger partial charge < -0.3 is 25.0 Å². The fraction of sp³-hybridized carbons (Fsp3) is 0.609. The van der Waals surface area contributed by atoms with Crippen LogP contribution in [0.4, 0.5) is 4.79 Å². The lowest BCUT2D eigenvalue weighted by Gasteiger charge is -2.32. The Labute approximate surface area is 184 Å². The first kappa shape index (κ1) is 24.5. The summed E-state index contributed by atoms with van der Waals surface area (Å²) in [5.41, 5.74) is 0.533. The highest BCUT2D eigenvalue weighted by Crippen LogP contribution is 2.14. The van der Waals surface area contributed by atoms with Gasteiger partial charge in [0.05, 0.1) is 7.11 Å². The molecule has 0 spiro atoms. The highest BCUT2D eigenvalue weighted by Gasteiger charge is 2.24. The number of hydrogen-bond acceptors (Lipinski definition) is 5. The zero-order chi connectivity index (χ0) is 22.9. The second-order valence-corrected chi connectivity index (χ2v) is 8.75. The number of aryl methyl sites for hydroxylation is 1. The van der Waals surface area contributed by atoms with Gasteiger partial charge in [-0.3, -0.25) is 9.59 Å². The minimum Gasteiger partial charge on any atom is -0.497 e. The van der Waals surface area contributed by atoms with Crippen molar-refractivity contribution in [2.24, 2.45) is 0 Å². The van der Waals surface area contributed by atoms with Crippen LogP contribution in [0.2, 0.25) is 0 Å². The van der Waals surface area contributed by atoms with Crippen LogP contribution < -0.4 is 15.4 Å². The van der Waals surface area contributed by atoms with E-state index in [1.54, 1.807) is 32.8 Å². The predicted octanol–water partition coefficient (Wildman–Crippen LogP) is 2.65. The molecule has 1 aliphatic heterocycles. The largest absolute Gasteiger partial charge is 0.497 e. The molecule has 0 aromatic heterocycles. The van der Waals surface area contributed by atoms with Crippen molar-refractivity contribution < 1.29 is 23.9 Å². The summed E-state index contributed by atoms with van der Waals surface area (Å²) in [5.74, 6) is 0.831. The smallest absolute Gasteiger partial charge is 0.407 e. The highest BCUT2D eigenvalue weighted by atomic mass is 16.6. The zero-order valence-electron chi connectivity index (χ0n) is 19.0. The van der Waals surface area contributed by atoms with Gasteiger partial charge in [-0.25, -0.2) is 4.79 Å². The second kappa shape index (κ2) is 11.6. The average molecular weight is 434 g/mol. The molecule has 2 rings (SSSR count). The Bertz CT molecular complexity index is 735. The van der Waals surface area contributed by atoms with Crippen LogP contribution >= 0.6 is 0 Å². The standard InChI is InChI=1S/C23H35N3O5/c1-23(2,3)31-22(29)24-14-11-21(28)26-15-12-18(13-16-26)25-20(27)10-7-17-5-8-19(30-4)9-6-17/h5-6,8-9,18H,7,10-16H2,1-4H3,(H,24,29)(H,25,27). The summed E-state index contributed by atoms with van der Waals surface area (Å²) >= 11 is 0. The SMILES string of the molecule is COc1ccc(CCC(=O)NC2CCN(C(=O)CCNC(=O)OC(C)(C)C)CC2)cc1. The molecule has 8 heteroatoms. The number of amides is 3. The Kier molecular flexibility index (Phi) is 9.15. The first-order chi connectivity index (χ1) is 14.7. The van der Waals surface area contributed by atoms with E-state index in [-0.39, 0.29) is 30.8 Å². The molecule has 172 valence electrons. The monoisotopic (exact) mass is 433 g/mol. The minimum atomic E-state index is -0.560. The van der Waals surface area contributed by atoms with Crippen molar-refractivity contribution in [2.75, 3.05) is 26.7 Å². The first-order valence-electron chi connectivity index (χ1n) is 10.8. The summed E-state index contributed by atoms with van der Waals surface area (Å²) in [7, 11) is 1.63. The number of piperidine rings is 1. The second-order valence-electron chi connectivity index (χ2n) is 8.75. The molecule has 3 amide bonds. The first-order valence-corrected chi connectivity index (χ1v) is 10.8. The topological polar surface area (TPSA) is 97.0 Å². The molecule has 1 heterocycles. The molecule has 0 atom stereocenters. The third kappa shape index (κ3) is 9.27. The van der Waals surface area contributed by atoms with Crippen LogP contribution in [0.3, 0.4) is 0 Å². The molecule has 0 aliphatic carbocycles. The molecule has 1 aliphatic rings. The Morgan fingerprint density at radius 1 is 1.06 bits per heavy atom. The van der Waals surface area contributed by atoms with Gasteiger partial charge in [-0.2, -0.15) is 0 Å². The van der Waals surface area contributed by atoms with Crippen LogP contribution in [0.15, 0.2) is 24.3 Å². The summed E-state index contributed by atoms with van der Waals surface area (Å²) < 4.78 is 10.3. The fourth-order valence-corrected chi connectivity index (χ4v) is 3.37. The van der Waals surface area contributed by atoms with Gasteiger partial charge in [0.1, 0.15) is 11.4 Å². The van der Waals surface area contributed by atoms with Gasteiger partial charge in [0.2, 0.25) is 11.8 Å². The fourth-order valence-electron chi connectivity index (χ4n) is 3.37. The summed E-state index contributed by atoms with van der Waals surface area (Å²) in [6.07, 6.45) is 2.30. The molecule has 8 nitrogen and oxygen atoms in total. The van der Waals surface area contributed by atoms with Crippen molar-refractivity contribution in [3.63, 3.8) is 0 Å². The van der Waals surface area contributed by atoms with Crippen molar-refractivity contribution in [2.45, 2.75) is 64.5 Å². The van der Waals surface area contributed by atoms with Crippen LogP contribution in [0, 0.1) is 0 Å². The maximum Gasteiger partial charge on any atom is 0.407 e. The molecule has 0 bridgehead atoms. The molecule has 1 aromatic rings. The number of rotatable bonds is 8. The Morgan fingerprint density at radius 3 is 2.29 bits per heavy atom. The van der Waals surface area contributed by atoms with Gasteiger partial charge in [0, 0.05) is 38.5 Å². The normalized spacial score (nSPS) is 14.6. The van der Waals surface area contributed by atoms with Gasteiger partial charge in [-0.1, -0.05) is 12.1 Å². The quantitative estimate of drug-likeness (QED) is 0.657. The third-order valence-corrected chi connectivity index (χ3v) is 5.02. The molecule has 0 radical (unpaired) electrons. The van der Waals surface area contributed by atoms with E-state index in [0.29, 0.717) is 25.9 Å². The average Bonchev–Trinajstić information content (AvgIpc) is 2.71. The molecule has 0 saturated carbocycles. The van der Waals surface area contributed by atoms with E-state index in [9.17, 15) is 14.4 Å². The van der Waals surface area contributed by atoms with Crippen LogP contribution in [0.1, 0.15) is 52.0 Å². The number of hydrogen-bond donors (Lipinski definition) is 2. The molecular weight excluding hydrogens is 398 g/mol. The number of likely N-dealkylation sites (tertiary alicyclic amines) is 1. The van der Waals surface area contributed by atoms with Crippen molar-refractivity contribution in [3.05, 3.63) is 29.8 Å². The van der Waals surface area contributed by atoms with E-state index < -0.39 is 11.7 Å². The summed E-state index contributed by atoms with van der Waals surface area (Å²) in [6, 6.07) is 7.81. The van der Waals surface area contributed by atoms with E-state index >= 15 is 0 Å². The van der Waals surface area contributed by atoms with Crippen LogP contribution in [0.25, 0.3) is 0 Å². The number of benzene rings is 1. The lowest BCUT2D eigenvalue weighted by atomic mass is 10.0. The number of carbonyl (C=O) groups is 3. The number of carbonyl (C=O) groups excluding carboxylic acids is 3. The number of ether oxygens (including phenoxy) is 2. The van der Waals surface area contributed by atoms with Gasteiger partial charge in [0.15, 0.2) is 0 Å². The number of methoxy groups -OCH3 is 1. The van der Waals surface area contributed by atoms with Gasteiger partial charge in [-0.15, -0.1) is 0 Å². The third-order valence-electron chi connectivity index (χ3n) is 5.02. The summed E-state index contributed by atoms with van der Waals surface area (Å²) in [6.45, 7) is 6.83. The van der Waals surface area contributed by atoms with Crippen molar-refractivity contribution in [3.8, 4) is 5.75 Å². The predicted molar refractivity (Wildman–Crippen MR) is 118 cm³/mol. The lowest BCUT2D eigenvalue weighted by Crippen LogP contribution is -2.47. The van der Waals surface area contributed by atoms with Crippen molar-refractivity contribution >= 4 is 17.9 Å². The molecule has 1 aromatic carbocycles. The molecule has 31 heavy (non-hydrogen) atoms. The lowest BCUT2D eigenvalue weighted by molar-refractivity contribution is -0.132. The molecular formula is C23H35N3O5. The molecule has 1 fully saturated rings. The van der Waals surface area contributed by atoms with E-state index in [4.69, 9.17) is 9.47 Å². The van der Waals surface area contributed by atoms with Crippen LogP contribution in [-0.4, -0.2) is 61.2 Å². The van der Waals surface area contributed by atoms with Gasteiger partial charge in [-0.05, 0) is 57.7 Å². The van der Waals surface area contributed by atoms with Gasteiger partial charge in [0.25, 0.3) is 0 Å². The van der Waals surface area contributed by atoms with E-state index in [2.05, 4.69) is 10.6 Å². The van der Waals surface area contributed by atoms with E-state index in [1.807, 2.05) is 24.3 Å². The van der Waals surface area contributed by atoms with Crippen LogP contribution in [0.5, 0.6) is 5.75 Å². The van der Waals surface area contributed by atoms with Crippen LogP contribution in [-0.2, 0) is 20.7 Å². The Balaban J connectivity index is 1.62. The number of nitrogens with one attached hydrogen (secondary N) is 2. The van der Waals surface area contributed by atoms with Gasteiger partial charge >= 0.3 is 6.09 Å². The molecule has 2 N–H and O–H groups in total. The molecule has 0 unspecified atom stereocenters. The Hall–Kier alpha value is -2.77. The zero-order valence-corrected chi connectivity index (χ0v) is 19.0. The number of alkyl carbamates (subject to hydrolysis) is 1. The Morgan fingerprint density at radius 2 is 1.71 bits per heavy atom. The van der Waals surface area contributed by atoms with Crippen molar-refractivity contribution in [1.82, 2.24) is 15.5 Å². The van der Waals surface area contributed by atoms with E-state index in [0.717, 1.165) is 24.2 Å². The highest BCUT2D eigenvalue weighted by molar-refractivity contribution is 5.78. The maximum atomic E-state index is 12.3. The molecule has 1 saturated heterocycles. The summed E-state index contributed by atoms with van der Waals surface area (Å²) in [4.78, 5) is 38.0.